The van der Waals surface area contributed by atoms with E-state index in [1.807, 2.05) is 97.1 Å². The molecule has 0 bridgehead atoms. The molecule has 6 fully saturated rings. The topological polar surface area (TPSA) is 116 Å². The normalized spacial score (nSPS) is 24.7. The van der Waals surface area contributed by atoms with Crippen molar-refractivity contribution in [3.63, 3.8) is 0 Å². The van der Waals surface area contributed by atoms with Gasteiger partial charge in [0.25, 0.3) is 0 Å². The number of hydrogen-bond donors (Lipinski definition) is 0. The van der Waals surface area contributed by atoms with Crippen molar-refractivity contribution < 1.29 is 47.8 Å². The zero-order chi connectivity index (χ0) is 65.0. The van der Waals surface area contributed by atoms with Gasteiger partial charge in [-0.25, -0.2) is 24.2 Å². The molecule has 1 unspecified atom stereocenters. The molecular formula is C92H134O10. The molecule has 6 aromatic carbocycles. The van der Waals surface area contributed by atoms with E-state index in [0.29, 0.717) is 36.2 Å². The molecule has 2 aliphatic heterocycles. The maximum absolute atomic E-state index is 13.7. The van der Waals surface area contributed by atoms with Crippen LogP contribution >= 0.6 is 0 Å². The second-order valence-electron chi connectivity index (χ2n) is 28.9. The van der Waals surface area contributed by atoms with Crippen LogP contribution in [-0.4, -0.2) is 62.1 Å². The quantitative estimate of drug-likeness (QED) is 0.0153. The summed E-state index contributed by atoms with van der Waals surface area (Å²) in [6, 6.07) is 52.2. The van der Waals surface area contributed by atoms with Gasteiger partial charge in [-0.15, -0.1) is 0 Å². The average molecular weight is 1400 g/mol. The van der Waals surface area contributed by atoms with Gasteiger partial charge >= 0.3 is 17.9 Å². The molecule has 10 heteroatoms. The highest BCUT2D eigenvalue weighted by Crippen LogP contribution is 2.39. The first kappa shape index (κ1) is 89.3. The lowest BCUT2D eigenvalue weighted by Crippen LogP contribution is -2.34. The van der Waals surface area contributed by atoms with Crippen molar-refractivity contribution in [1.82, 2.24) is 0 Å². The Bertz CT molecular complexity index is 3190. The summed E-state index contributed by atoms with van der Waals surface area (Å²) in [7, 11) is 0. The Hall–Kier alpha value is -6.95. The number of carbonyl (C=O) groups is 3. The van der Waals surface area contributed by atoms with Crippen LogP contribution in [0.2, 0.25) is 0 Å². The number of benzene rings is 6. The van der Waals surface area contributed by atoms with Crippen molar-refractivity contribution in [1.29, 1.82) is 0 Å². The molecule has 102 heavy (non-hydrogen) atoms. The summed E-state index contributed by atoms with van der Waals surface area (Å²) in [6.45, 7) is 10.4. The summed E-state index contributed by atoms with van der Waals surface area (Å²) in [6.07, 6.45) is 29.6. The Morgan fingerprint density at radius 1 is 0.392 bits per heavy atom. The van der Waals surface area contributed by atoms with Gasteiger partial charge in [0, 0.05) is 6.08 Å². The Labute approximate surface area is 619 Å². The van der Waals surface area contributed by atoms with Crippen molar-refractivity contribution >= 4 is 30.1 Å². The van der Waals surface area contributed by atoms with E-state index < -0.39 is 36.2 Å². The summed E-state index contributed by atoms with van der Waals surface area (Å²) < 4.78 is 30.0. The molecule has 0 aromatic heterocycles. The van der Waals surface area contributed by atoms with E-state index in [-0.39, 0.29) is 84.3 Å². The molecule has 2 saturated heterocycles. The number of hydrogen-bond acceptors (Lipinski definition) is 10. The summed E-state index contributed by atoms with van der Waals surface area (Å²) in [5.41, 5.74) is 9.91. The molecule has 0 spiro atoms. The fourth-order valence-corrected chi connectivity index (χ4v) is 15.1. The highest BCUT2D eigenvalue weighted by Gasteiger charge is 2.50. The molecule has 562 valence electrons. The average Bonchev–Trinajstić information content (AvgIpc) is 1.57. The van der Waals surface area contributed by atoms with Crippen LogP contribution in [0, 0.1) is 47.3 Å². The van der Waals surface area contributed by atoms with Crippen LogP contribution in [0.4, 0.5) is 0 Å². The van der Waals surface area contributed by atoms with Crippen LogP contribution in [0.3, 0.4) is 0 Å². The largest absolute Gasteiger partial charge is 0.454 e. The molecule has 0 radical (unpaired) electrons. The molecule has 10 nitrogen and oxygen atoms in total. The van der Waals surface area contributed by atoms with Gasteiger partial charge in [-0.3, -0.25) is 0 Å². The maximum Gasteiger partial charge on any atom is 0.338 e. The van der Waals surface area contributed by atoms with Crippen molar-refractivity contribution in [3.05, 3.63) is 226 Å². The standard InChI is InChI=1S/C44H50O4.C40H52O6.8CH4/c1-31-13-17-33(18-14-31)29-35-21-25-39(26-22-35)43(45)47-41(37-9-5-3-6-10-37)42(38-11-7-4-8-12-38)48-44(46)40-27-23-36(24-28-40)30-34-19-15-32(2)16-20-34;1-28-5-9-32(10-6-28)24-34-17-13-30(14-18-34)4-3-23-44-46-37-27-43-39-36(26-42-40(37)39)45-38(41)22-21-31-15-19-35(20-16-31)25-33-11-7-29(2)8-12-33;;;;;;;;/h3-12,21-28,31-34,41-42H,13-20,29-30H2,1-2H3;3-4,13-22,28-29,32-33,36-37,39-40H,5-12,23-27H2,1-2H3;8*1H4/b;4-3+,22-21-;;;;;;;;/t31?,32?,33?,34?,41-,42-;28?,29?,32?,33?,36?,37-,39+,40+;;;;;;;;/m10......../s1. The third-order valence-corrected chi connectivity index (χ3v) is 21.3. The minimum atomic E-state index is -0.845. The van der Waals surface area contributed by atoms with E-state index in [2.05, 4.69) is 100 Å². The molecule has 6 atom stereocenters. The van der Waals surface area contributed by atoms with E-state index >= 15 is 0 Å². The zero-order valence-electron chi connectivity index (χ0n) is 56.2. The molecule has 0 N–H and O–H groups in total. The van der Waals surface area contributed by atoms with Crippen LogP contribution < -0.4 is 0 Å². The lowest BCUT2D eigenvalue weighted by molar-refractivity contribution is -0.326. The van der Waals surface area contributed by atoms with Crippen LogP contribution in [0.15, 0.2) is 170 Å². The first-order valence-electron chi connectivity index (χ1n) is 35.8. The number of rotatable bonds is 23. The monoisotopic (exact) mass is 1400 g/mol. The minimum absolute atomic E-state index is 0. The Balaban J connectivity index is 0.000000492. The fraction of sp³-hybridized carbons (Fsp3) is 0.533. The van der Waals surface area contributed by atoms with Crippen LogP contribution in [0.5, 0.6) is 0 Å². The fourth-order valence-electron chi connectivity index (χ4n) is 15.1. The second kappa shape index (κ2) is 45.3. The molecular weight excluding hydrogens is 1270 g/mol. The third-order valence-electron chi connectivity index (χ3n) is 21.3. The van der Waals surface area contributed by atoms with Gasteiger partial charge in [0.2, 0.25) is 0 Å². The second-order valence-corrected chi connectivity index (χ2v) is 28.9. The Morgan fingerprint density at radius 3 is 1.06 bits per heavy atom. The number of carbonyl (C=O) groups excluding carboxylic acids is 3. The smallest absolute Gasteiger partial charge is 0.338 e. The van der Waals surface area contributed by atoms with Crippen molar-refractivity contribution in [2.45, 2.75) is 252 Å². The molecule has 4 saturated carbocycles. The van der Waals surface area contributed by atoms with Gasteiger partial charge in [0.05, 0.1) is 24.3 Å². The first-order valence-corrected chi connectivity index (χ1v) is 35.8. The molecule has 0 amide bonds. The SMILES string of the molecule is C.C.C.C.C.C.C.C.CC1CCC(Cc2ccc(/C=C\C(=O)OC3CO[C@@H]4[C@@H](OOC/C=C/c5ccc(CC6CCC(C)CC6)cc5)CO[C@H]34)cc2)CC1.CC1CCC(Cc2ccc(C(=O)O[C@H](c3ccccc3)[C@H](OC(=O)c3ccc(CC4CCC(C)CC4)cc3)c3ccccc3)cc2)CC1. The van der Waals surface area contributed by atoms with Gasteiger partial charge in [0.15, 0.2) is 18.3 Å². The van der Waals surface area contributed by atoms with Gasteiger partial charge in [0.1, 0.15) is 24.9 Å². The van der Waals surface area contributed by atoms with Crippen LogP contribution in [0.1, 0.15) is 267 Å². The first-order chi connectivity index (χ1) is 45.9. The van der Waals surface area contributed by atoms with Crippen LogP contribution in [-0.2, 0) is 63.9 Å². The van der Waals surface area contributed by atoms with E-state index in [9.17, 15) is 14.4 Å². The van der Waals surface area contributed by atoms with Gasteiger partial charge in [-0.2, -0.15) is 0 Å². The summed E-state index contributed by atoms with van der Waals surface area (Å²) >= 11 is 0. The molecule has 2 heterocycles. The summed E-state index contributed by atoms with van der Waals surface area (Å²) in [5, 5.41) is 0. The number of esters is 3. The van der Waals surface area contributed by atoms with Crippen LogP contribution in [0.25, 0.3) is 12.2 Å². The zero-order valence-corrected chi connectivity index (χ0v) is 56.2. The Morgan fingerprint density at radius 2 is 0.706 bits per heavy atom. The van der Waals surface area contributed by atoms with Crippen molar-refractivity contribution in [2.75, 3.05) is 19.8 Å². The number of fused-ring (bicyclic) bond motifs is 1. The lowest BCUT2D eigenvalue weighted by Gasteiger charge is -2.28. The maximum atomic E-state index is 13.7. The van der Waals surface area contributed by atoms with E-state index in [4.69, 9.17) is 33.5 Å². The molecule has 6 aromatic rings. The van der Waals surface area contributed by atoms with Gasteiger partial charge in [-0.05, 0) is 199 Å². The van der Waals surface area contributed by atoms with Crippen molar-refractivity contribution in [2.24, 2.45) is 47.3 Å². The van der Waals surface area contributed by atoms with E-state index in [1.54, 1.807) is 6.08 Å². The summed E-state index contributed by atoms with van der Waals surface area (Å²) in [4.78, 5) is 51.1. The number of ether oxygens (including phenoxy) is 5. The Kier molecular flexibility index (Phi) is 39.7. The van der Waals surface area contributed by atoms with Gasteiger partial charge < -0.3 is 23.7 Å². The predicted octanol–water partition coefficient (Wildman–Crippen LogP) is 24.2. The van der Waals surface area contributed by atoms with Crippen molar-refractivity contribution in [3.8, 4) is 0 Å². The van der Waals surface area contributed by atoms with E-state index in [1.165, 1.54) is 137 Å². The third kappa shape index (κ3) is 26.6. The minimum Gasteiger partial charge on any atom is -0.454 e. The predicted molar refractivity (Wildman–Crippen MR) is 426 cm³/mol. The van der Waals surface area contributed by atoms with E-state index in [0.717, 1.165) is 77.0 Å². The summed E-state index contributed by atoms with van der Waals surface area (Å²) in [5.74, 6) is 5.18. The highest BCUT2D eigenvalue weighted by atomic mass is 17.2. The molecule has 6 aliphatic rings. The molecule has 12 rings (SSSR count). The van der Waals surface area contributed by atoms with Gasteiger partial charge in [-0.1, -0.05) is 284 Å². The lowest BCUT2D eigenvalue weighted by atomic mass is 9.80. The molecule has 4 aliphatic carbocycles. The highest BCUT2D eigenvalue weighted by molar-refractivity contribution is 5.91.